The number of benzene rings is 1. The third kappa shape index (κ3) is 2.51. The minimum Gasteiger partial charge on any atom is -0.381 e. The third-order valence-electron chi connectivity index (χ3n) is 2.41. The molecule has 0 saturated carbocycles. The summed E-state index contributed by atoms with van der Waals surface area (Å²) in [6.45, 7) is 1.82. The molecular weight excluding hydrogens is 260 g/mol. The molecule has 3 nitrogen and oxygen atoms in total. The van der Waals surface area contributed by atoms with Crippen LogP contribution in [0.1, 0.15) is 5.56 Å². The highest BCUT2D eigenvalue weighted by Crippen LogP contribution is 2.25. The molecule has 0 saturated heterocycles. The first-order valence-electron chi connectivity index (χ1n) is 5.12. The van der Waals surface area contributed by atoms with Gasteiger partial charge in [0.2, 0.25) is 0 Å². The standard InChI is InChI=1S/C12H10ClF2N3/c1-6-2-3-7(13)4-10(6)17-12-9(15)5-8(14)11(16)18-12/h2-5H,1H3,(H3,16,17,18). The van der Waals surface area contributed by atoms with Gasteiger partial charge in [-0.3, -0.25) is 0 Å². The Hall–Kier alpha value is -1.88. The van der Waals surface area contributed by atoms with E-state index in [0.29, 0.717) is 16.8 Å². The molecule has 1 aromatic heterocycles. The van der Waals surface area contributed by atoms with Crippen molar-refractivity contribution < 1.29 is 8.78 Å². The van der Waals surface area contributed by atoms with Gasteiger partial charge in [0.25, 0.3) is 0 Å². The third-order valence-corrected chi connectivity index (χ3v) is 2.64. The first-order valence-corrected chi connectivity index (χ1v) is 5.50. The van der Waals surface area contributed by atoms with Crippen molar-refractivity contribution in [1.82, 2.24) is 4.98 Å². The van der Waals surface area contributed by atoms with Gasteiger partial charge >= 0.3 is 0 Å². The number of rotatable bonds is 2. The number of nitrogens with one attached hydrogen (secondary N) is 1. The Labute approximate surface area is 108 Å². The summed E-state index contributed by atoms with van der Waals surface area (Å²) in [5, 5.41) is 3.23. The Morgan fingerprint density at radius 2 is 1.94 bits per heavy atom. The molecule has 18 heavy (non-hydrogen) atoms. The average molecular weight is 270 g/mol. The molecule has 1 heterocycles. The van der Waals surface area contributed by atoms with Crippen molar-refractivity contribution in [3.63, 3.8) is 0 Å². The van der Waals surface area contributed by atoms with E-state index in [1.54, 1.807) is 18.2 Å². The molecule has 0 atom stereocenters. The molecule has 94 valence electrons. The first kappa shape index (κ1) is 12.6. The number of halogens is 3. The number of anilines is 3. The maximum absolute atomic E-state index is 13.5. The molecule has 2 rings (SSSR count). The van der Waals surface area contributed by atoms with Crippen LogP contribution in [0, 0.1) is 18.6 Å². The minimum absolute atomic E-state index is 0.140. The fourth-order valence-corrected chi connectivity index (χ4v) is 1.60. The van der Waals surface area contributed by atoms with Crippen LogP contribution in [0.5, 0.6) is 0 Å². The van der Waals surface area contributed by atoms with Crippen LogP contribution in [0.25, 0.3) is 0 Å². The second-order valence-corrected chi connectivity index (χ2v) is 4.21. The predicted octanol–water partition coefficient (Wildman–Crippen LogP) is 3.65. The lowest BCUT2D eigenvalue weighted by molar-refractivity contribution is 0.581. The zero-order valence-electron chi connectivity index (χ0n) is 9.47. The van der Waals surface area contributed by atoms with E-state index in [1.807, 2.05) is 6.92 Å². The van der Waals surface area contributed by atoms with Crippen LogP contribution in [-0.2, 0) is 0 Å². The second kappa shape index (κ2) is 4.78. The first-order chi connectivity index (χ1) is 8.47. The van der Waals surface area contributed by atoms with Crippen molar-refractivity contribution in [1.29, 1.82) is 0 Å². The summed E-state index contributed by atoms with van der Waals surface area (Å²) in [7, 11) is 0. The summed E-state index contributed by atoms with van der Waals surface area (Å²) in [6, 6.07) is 5.79. The lowest BCUT2D eigenvalue weighted by Gasteiger charge is -2.10. The summed E-state index contributed by atoms with van der Waals surface area (Å²) in [6.07, 6.45) is 0. The van der Waals surface area contributed by atoms with E-state index >= 15 is 0 Å². The number of nitrogen functional groups attached to an aromatic ring is 1. The zero-order chi connectivity index (χ0) is 13.3. The number of hydrogen-bond donors (Lipinski definition) is 2. The molecule has 2 aromatic rings. The summed E-state index contributed by atoms with van der Waals surface area (Å²) in [4.78, 5) is 3.61. The van der Waals surface area contributed by atoms with Crippen LogP contribution in [0.15, 0.2) is 24.3 Å². The second-order valence-electron chi connectivity index (χ2n) is 3.77. The highest BCUT2D eigenvalue weighted by molar-refractivity contribution is 6.30. The quantitative estimate of drug-likeness (QED) is 0.875. The number of pyridine rings is 1. The Balaban J connectivity index is 2.40. The smallest absolute Gasteiger partial charge is 0.169 e. The Kier molecular flexibility index (Phi) is 3.34. The maximum Gasteiger partial charge on any atom is 0.169 e. The molecule has 0 unspecified atom stereocenters. The molecule has 0 radical (unpaired) electrons. The Bertz CT molecular complexity index is 602. The highest BCUT2D eigenvalue weighted by atomic mass is 35.5. The van der Waals surface area contributed by atoms with Crippen LogP contribution in [0.4, 0.5) is 26.1 Å². The van der Waals surface area contributed by atoms with Gasteiger partial charge in [-0.05, 0) is 24.6 Å². The Morgan fingerprint density at radius 1 is 1.22 bits per heavy atom. The summed E-state index contributed by atoms with van der Waals surface area (Å²) < 4.78 is 26.5. The lowest BCUT2D eigenvalue weighted by atomic mass is 10.2. The average Bonchev–Trinajstić information content (AvgIpc) is 2.30. The number of nitrogens with zero attached hydrogens (tertiary/aromatic N) is 1. The van der Waals surface area contributed by atoms with Crippen molar-refractivity contribution in [3.8, 4) is 0 Å². The minimum atomic E-state index is -0.888. The number of nitrogens with two attached hydrogens (primary N) is 1. The Morgan fingerprint density at radius 3 is 2.67 bits per heavy atom. The number of aromatic nitrogens is 1. The van der Waals surface area contributed by atoms with Crippen molar-refractivity contribution in [2.75, 3.05) is 11.1 Å². The number of aryl methyl sites for hydroxylation is 1. The van der Waals surface area contributed by atoms with Gasteiger partial charge in [0, 0.05) is 16.8 Å². The molecule has 6 heteroatoms. The van der Waals surface area contributed by atoms with Gasteiger partial charge in [-0.25, -0.2) is 13.8 Å². The maximum atomic E-state index is 13.5. The molecule has 0 aliphatic carbocycles. The molecule has 3 N–H and O–H groups in total. The zero-order valence-corrected chi connectivity index (χ0v) is 10.2. The van der Waals surface area contributed by atoms with Crippen molar-refractivity contribution in [3.05, 3.63) is 46.5 Å². The number of hydrogen-bond acceptors (Lipinski definition) is 3. The topological polar surface area (TPSA) is 50.9 Å². The van der Waals surface area contributed by atoms with E-state index in [4.69, 9.17) is 17.3 Å². The van der Waals surface area contributed by atoms with Gasteiger partial charge in [0.15, 0.2) is 23.3 Å². The summed E-state index contributed by atoms with van der Waals surface area (Å²) in [5.41, 5.74) is 6.73. The van der Waals surface area contributed by atoms with Gasteiger partial charge in [-0.15, -0.1) is 0 Å². The van der Waals surface area contributed by atoms with Gasteiger partial charge in [0.05, 0.1) is 0 Å². The van der Waals surface area contributed by atoms with Crippen LogP contribution in [-0.4, -0.2) is 4.98 Å². The van der Waals surface area contributed by atoms with E-state index in [9.17, 15) is 8.78 Å². The predicted molar refractivity (Wildman–Crippen MR) is 68.0 cm³/mol. The monoisotopic (exact) mass is 269 g/mol. The van der Waals surface area contributed by atoms with Crippen molar-refractivity contribution in [2.45, 2.75) is 6.92 Å². The molecule has 0 aliphatic rings. The van der Waals surface area contributed by atoms with Crippen LogP contribution in [0.3, 0.4) is 0 Å². The van der Waals surface area contributed by atoms with Crippen LogP contribution in [0.2, 0.25) is 5.02 Å². The molecule has 0 bridgehead atoms. The summed E-state index contributed by atoms with van der Waals surface area (Å²) in [5.74, 6) is -2.21. The van der Waals surface area contributed by atoms with E-state index in [-0.39, 0.29) is 11.6 Å². The fraction of sp³-hybridized carbons (Fsp3) is 0.0833. The molecule has 0 fully saturated rings. The normalized spacial score (nSPS) is 10.4. The highest BCUT2D eigenvalue weighted by Gasteiger charge is 2.11. The van der Waals surface area contributed by atoms with Gasteiger partial charge < -0.3 is 11.1 Å². The van der Waals surface area contributed by atoms with Gasteiger partial charge in [-0.1, -0.05) is 17.7 Å². The largest absolute Gasteiger partial charge is 0.381 e. The van der Waals surface area contributed by atoms with Crippen LogP contribution >= 0.6 is 11.6 Å². The van der Waals surface area contributed by atoms with E-state index < -0.39 is 11.6 Å². The van der Waals surface area contributed by atoms with Crippen LogP contribution < -0.4 is 11.1 Å². The van der Waals surface area contributed by atoms with E-state index in [1.165, 1.54) is 0 Å². The van der Waals surface area contributed by atoms with Crippen molar-refractivity contribution in [2.24, 2.45) is 0 Å². The van der Waals surface area contributed by atoms with Gasteiger partial charge in [0.1, 0.15) is 0 Å². The van der Waals surface area contributed by atoms with E-state index in [2.05, 4.69) is 10.3 Å². The van der Waals surface area contributed by atoms with Gasteiger partial charge in [-0.2, -0.15) is 0 Å². The SMILES string of the molecule is Cc1ccc(Cl)cc1Nc1nc(N)c(F)cc1F. The molecule has 0 amide bonds. The molecule has 0 spiro atoms. The molecule has 1 aromatic carbocycles. The van der Waals surface area contributed by atoms with E-state index in [0.717, 1.165) is 5.56 Å². The summed E-state index contributed by atoms with van der Waals surface area (Å²) >= 11 is 5.84. The molecule has 0 aliphatic heterocycles. The fourth-order valence-electron chi connectivity index (χ4n) is 1.42. The van der Waals surface area contributed by atoms with Crippen molar-refractivity contribution >= 4 is 28.9 Å². The molecular formula is C12H10ClF2N3. The lowest BCUT2D eigenvalue weighted by Crippen LogP contribution is -2.03.